The number of likely N-dealkylation sites (tertiary alicyclic amines) is 1. The van der Waals surface area contributed by atoms with Gasteiger partial charge >= 0.3 is 0 Å². The molecule has 3 nitrogen and oxygen atoms in total. The van der Waals surface area contributed by atoms with E-state index in [1.165, 1.54) is 38.8 Å². The third-order valence-electron chi connectivity index (χ3n) is 4.16. The molecular weight excluding hydrogens is 278 g/mol. The molecule has 116 valence electrons. The van der Waals surface area contributed by atoms with E-state index in [2.05, 4.69) is 22.5 Å². The fraction of sp³-hybridized carbons (Fsp3) is 0.588. The van der Waals surface area contributed by atoms with Crippen LogP contribution in [0.15, 0.2) is 30.3 Å². The quantitative estimate of drug-likeness (QED) is 0.620. The topological polar surface area (TPSA) is 27.3 Å². The van der Waals surface area contributed by atoms with Gasteiger partial charge in [0.25, 0.3) is 0 Å². The molecule has 1 aliphatic heterocycles. The molecule has 21 heavy (non-hydrogen) atoms. The highest BCUT2D eigenvalue weighted by Gasteiger charge is 2.19. The molecule has 4 heteroatoms. The summed E-state index contributed by atoms with van der Waals surface area (Å²) in [5.74, 6) is 0. The maximum atomic E-state index is 5.32. The van der Waals surface area contributed by atoms with Crippen LogP contribution in [0.2, 0.25) is 0 Å². The summed E-state index contributed by atoms with van der Waals surface area (Å²) in [6, 6.07) is 10.9. The molecule has 0 saturated carbocycles. The van der Waals surface area contributed by atoms with Gasteiger partial charge in [-0.05, 0) is 56.6 Å². The van der Waals surface area contributed by atoms with E-state index >= 15 is 0 Å². The normalized spacial score (nSPS) is 19.2. The number of hydrogen-bond donors (Lipinski definition) is 2. The summed E-state index contributed by atoms with van der Waals surface area (Å²) in [6.45, 7) is 5.69. The molecule has 0 aromatic heterocycles. The zero-order chi connectivity index (χ0) is 14.9. The van der Waals surface area contributed by atoms with Crippen molar-refractivity contribution >= 4 is 23.0 Å². The van der Waals surface area contributed by atoms with Crippen LogP contribution >= 0.6 is 12.2 Å². The molecule has 1 unspecified atom stereocenters. The van der Waals surface area contributed by atoms with Gasteiger partial charge in [0.15, 0.2) is 5.11 Å². The van der Waals surface area contributed by atoms with E-state index in [0.717, 1.165) is 24.7 Å². The van der Waals surface area contributed by atoms with Gasteiger partial charge in [-0.1, -0.05) is 31.5 Å². The summed E-state index contributed by atoms with van der Waals surface area (Å²) in [6.07, 6.45) is 6.56. The van der Waals surface area contributed by atoms with Gasteiger partial charge in [-0.25, -0.2) is 0 Å². The van der Waals surface area contributed by atoms with Crippen molar-refractivity contribution in [2.24, 2.45) is 0 Å². The summed E-state index contributed by atoms with van der Waals surface area (Å²) in [7, 11) is 0. The van der Waals surface area contributed by atoms with Crippen LogP contribution in [0, 0.1) is 0 Å². The summed E-state index contributed by atoms with van der Waals surface area (Å²) in [4.78, 5) is 2.65. The zero-order valence-corrected chi connectivity index (χ0v) is 13.8. The Morgan fingerprint density at radius 2 is 2.10 bits per heavy atom. The lowest BCUT2D eigenvalue weighted by Crippen LogP contribution is -2.40. The van der Waals surface area contributed by atoms with E-state index in [-0.39, 0.29) is 0 Å². The molecule has 0 amide bonds. The molecule has 0 aliphatic carbocycles. The fourth-order valence-electron chi connectivity index (χ4n) is 3.00. The maximum absolute atomic E-state index is 5.32. The number of nitrogens with zero attached hydrogens (tertiary/aromatic N) is 1. The van der Waals surface area contributed by atoms with E-state index in [0.29, 0.717) is 5.11 Å². The number of para-hydroxylation sites is 1. The van der Waals surface area contributed by atoms with Crippen LogP contribution in [-0.4, -0.2) is 35.7 Å². The monoisotopic (exact) mass is 305 g/mol. The maximum Gasteiger partial charge on any atom is 0.170 e. The highest BCUT2D eigenvalue weighted by Crippen LogP contribution is 2.19. The van der Waals surface area contributed by atoms with Gasteiger partial charge in [0.1, 0.15) is 0 Å². The molecule has 1 fully saturated rings. The molecule has 0 radical (unpaired) electrons. The SMILES string of the molecule is CCC1CCCCN1CCCNC(=S)Nc1ccccc1. The third-order valence-corrected chi connectivity index (χ3v) is 4.41. The zero-order valence-electron chi connectivity index (χ0n) is 13.0. The van der Waals surface area contributed by atoms with Gasteiger partial charge in [0.2, 0.25) is 0 Å². The van der Waals surface area contributed by atoms with Crippen molar-refractivity contribution in [2.45, 2.75) is 45.1 Å². The predicted molar refractivity (Wildman–Crippen MR) is 94.8 cm³/mol. The smallest absolute Gasteiger partial charge is 0.170 e. The lowest BCUT2D eigenvalue weighted by Gasteiger charge is -2.35. The van der Waals surface area contributed by atoms with E-state index in [4.69, 9.17) is 12.2 Å². The Kier molecular flexibility index (Phi) is 6.96. The minimum absolute atomic E-state index is 0.715. The average Bonchev–Trinajstić information content (AvgIpc) is 2.53. The Balaban J connectivity index is 1.61. The Morgan fingerprint density at radius 3 is 2.86 bits per heavy atom. The number of piperidine rings is 1. The Bertz CT molecular complexity index is 421. The molecule has 0 bridgehead atoms. The van der Waals surface area contributed by atoms with E-state index in [1.807, 2.05) is 30.3 Å². The summed E-state index contributed by atoms with van der Waals surface area (Å²) < 4.78 is 0. The van der Waals surface area contributed by atoms with Crippen molar-refractivity contribution in [3.63, 3.8) is 0 Å². The van der Waals surface area contributed by atoms with Crippen molar-refractivity contribution in [1.29, 1.82) is 0 Å². The van der Waals surface area contributed by atoms with Crippen LogP contribution < -0.4 is 10.6 Å². The standard InChI is InChI=1S/C17H27N3S/c1-2-16-11-6-7-13-20(16)14-8-12-18-17(21)19-15-9-4-3-5-10-15/h3-5,9-10,16H,2,6-8,11-14H2,1H3,(H2,18,19,21). The predicted octanol–water partition coefficient (Wildman–Crippen LogP) is 3.63. The second-order valence-electron chi connectivity index (χ2n) is 5.69. The first kappa shape index (κ1) is 16.2. The minimum atomic E-state index is 0.715. The summed E-state index contributed by atoms with van der Waals surface area (Å²) in [5.41, 5.74) is 1.04. The van der Waals surface area contributed by atoms with E-state index in [1.54, 1.807) is 0 Å². The van der Waals surface area contributed by atoms with Crippen LogP contribution in [0.3, 0.4) is 0 Å². The first-order valence-corrected chi connectivity index (χ1v) is 8.54. The molecule has 0 spiro atoms. The van der Waals surface area contributed by atoms with Gasteiger partial charge in [-0.15, -0.1) is 0 Å². The number of rotatable bonds is 6. The van der Waals surface area contributed by atoms with Gasteiger partial charge in [0, 0.05) is 24.8 Å². The van der Waals surface area contributed by atoms with Crippen LogP contribution in [0.4, 0.5) is 5.69 Å². The number of benzene rings is 1. The van der Waals surface area contributed by atoms with Crippen LogP contribution in [0.5, 0.6) is 0 Å². The van der Waals surface area contributed by atoms with Crippen molar-refractivity contribution in [3.05, 3.63) is 30.3 Å². The first-order valence-electron chi connectivity index (χ1n) is 8.13. The molecule has 1 aliphatic rings. The van der Waals surface area contributed by atoms with Crippen molar-refractivity contribution in [2.75, 3.05) is 25.0 Å². The molecular formula is C17H27N3S. The van der Waals surface area contributed by atoms with Gasteiger partial charge < -0.3 is 15.5 Å². The molecule has 1 saturated heterocycles. The summed E-state index contributed by atoms with van der Waals surface area (Å²) in [5, 5.41) is 7.22. The minimum Gasteiger partial charge on any atom is -0.362 e. The number of anilines is 1. The van der Waals surface area contributed by atoms with Crippen LogP contribution in [0.25, 0.3) is 0 Å². The van der Waals surface area contributed by atoms with Gasteiger partial charge in [-0.2, -0.15) is 0 Å². The molecule has 1 aromatic rings. The Hall–Kier alpha value is -1.13. The van der Waals surface area contributed by atoms with Crippen molar-refractivity contribution in [1.82, 2.24) is 10.2 Å². The largest absolute Gasteiger partial charge is 0.362 e. The Morgan fingerprint density at radius 1 is 1.29 bits per heavy atom. The first-order chi connectivity index (χ1) is 10.3. The fourth-order valence-corrected chi connectivity index (χ4v) is 3.22. The van der Waals surface area contributed by atoms with Crippen LogP contribution in [0.1, 0.15) is 39.0 Å². The van der Waals surface area contributed by atoms with E-state index in [9.17, 15) is 0 Å². The molecule has 2 rings (SSSR count). The molecule has 2 N–H and O–H groups in total. The average molecular weight is 305 g/mol. The second-order valence-corrected chi connectivity index (χ2v) is 6.10. The number of thiocarbonyl (C=S) groups is 1. The molecule has 1 aromatic carbocycles. The lowest BCUT2D eigenvalue weighted by molar-refractivity contribution is 0.143. The number of hydrogen-bond acceptors (Lipinski definition) is 2. The van der Waals surface area contributed by atoms with Gasteiger partial charge in [-0.3, -0.25) is 0 Å². The molecule has 1 atom stereocenters. The lowest BCUT2D eigenvalue weighted by atomic mass is 10.00. The number of nitrogens with one attached hydrogen (secondary N) is 2. The van der Waals surface area contributed by atoms with E-state index < -0.39 is 0 Å². The van der Waals surface area contributed by atoms with Crippen molar-refractivity contribution < 1.29 is 0 Å². The second kappa shape index (κ2) is 9.00. The van der Waals surface area contributed by atoms with Crippen molar-refractivity contribution in [3.8, 4) is 0 Å². The van der Waals surface area contributed by atoms with Gasteiger partial charge in [0.05, 0.1) is 0 Å². The third kappa shape index (κ3) is 5.64. The Labute approximate surface area is 134 Å². The highest BCUT2D eigenvalue weighted by atomic mass is 32.1. The highest BCUT2D eigenvalue weighted by molar-refractivity contribution is 7.80. The van der Waals surface area contributed by atoms with Crippen LogP contribution in [-0.2, 0) is 0 Å². The summed E-state index contributed by atoms with van der Waals surface area (Å²) >= 11 is 5.32. The molecule has 1 heterocycles.